The van der Waals surface area contributed by atoms with Crippen LogP contribution in [0.3, 0.4) is 0 Å². The standard InChI is InChI=1S/C21H22ClNO5/c1-25-18-6-2-3-7-19(18)26-11-4-10-23-17-9-8-15(22)14-16(17)21(20(23)24)27-12-5-13-28-21/h2-3,6-9,14H,4-5,10-13H2,1H3. The third kappa shape index (κ3) is 3.32. The van der Waals surface area contributed by atoms with Crippen molar-refractivity contribution in [2.24, 2.45) is 0 Å². The lowest BCUT2D eigenvalue weighted by molar-refractivity contribution is -0.256. The van der Waals surface area contributed by atoms with Gasteiger partial charge in [0.1, 0.15) is 0 Å². The summed E-state index contributed by atoms with van der Waals surface area (Å²) >= 11 is 6.17. The van der Waals surface area contributed by atoms with Crippen molar-refractivity contribution in [3.05, 3.63) is 53.1 Å². The summed E-state index contributed by atoms with van der Waals surface area (Å²) in [4.78, 5) is 14.9. The molecular weight excluding hydrogens is 382 g/mol. The van der Waals surface area contributed by atoms with E-state index in [4.69, 9.17) is 30.5 Å². The van der Waals surface area contributed by atoms with Gasteiger partial charge in [0.05, 0.1) is 32.6 Å². The molecule has 1 spiro atoms. The first kappa shape index (κ1) is 19.1. The average Bonchev–Trinajstić information content (AvgIpc) is 2.94. The van der Waals surface area contributed by atoms with Crippen molar-refractivity contribution in [3.8, 4) is 11.5 Å². The molecule has 0 N–H and O–H groups in total. The van der Waals surface area contributed by atoms with Crippen molar-refractivity contribution in [3.63, 3.8) is 0 Å². The number of hydrogen-bond donors (Lipinski definition) is 0. The smallest absolute Gasteiger partial charge is 0.292 e. The molecule has 2 aromatic carbocycles. The van der Waals surface area contributed by atoms with Gasteiger partial charge in [0.2, 0.25) is 0 Å². The van der Waals surface area contributed by atoms with Gasteiger partial charge in [-0.15, -0.1) is 0 Å². The highest BCUT2D eigenvalue weighted by Crippen LogP contribution is 2.46. The predicted octanol–water partition coefficient (Wildman–Crippen LogP) is 3.75. The Labute approximate surface area is 168 Å². The zero-order valence-corrected chi connectivity index (χ0v) is 16.4. The van der Waals surface area contributed by atoms with Gasteiger partial charge in [-0.2, -0.15) is 0 Å². The molecule has 0 aromatic heterocycles. The molecule has 0 aliphatic carbocycles. The van der Waals surface area contributed by atoms with Crippen molar-refractivity contribution >= 4 is 23.2 Å². The van der Waals surface area contributed by atoms with Crippen LogP contribution in [0, 0.1) is 0 Å². The summed E-state index contributed by atoms with van der Waals surface area (Å²) in [5, 5.41) is 0.546. The number of para-hydroxylation sites is 2. The van der Waals surface area contributed by atoms with E-state index in [1.807, 2.05) is 30.3 Å². The van der Waals surface area contributed by atoms with Crippen LogP contribution in [0.4, 0.5) is 5.69 Å². The minimum absolute atomic E-state index is 0.207. The Hall–Kier alpha value is -2.28. The molecule has 2 aliphatic heterocycles. The fraction of sp³-hybridized carbons (Fsp3) is 0.381. The van der Waals surface area contributed by atoms with Crippen molar-refractivity contribution < 1.29 is 23.7 Å². The van der Waals surface area contributed by atoms with Crippen molar-refractivity contribution in [1.82, 2.24) is 0 Å². The second kappa shape index (κ2) is 7.99. The number of carbonyl (C=O) groups excluding carboxylic acids is 1. The van der Waals surface area contributed by atoms with Crippen molar-refractivity contribution in [2.45, 2.75) is 18.6 Å². The number of halogens is 1. The lowest BCUT2D eigenvalue weighted by Gasteiger charge is -2.32. The number of rotatable bonds is 6. The van der Waals surface area contributed by atoms with Gasteiger partial charge in [0.25, 0.3) is 11.7 Å². The summed E-state index contributed by atoms with van der Waals surface area (Å²) in [5.41, 5.74) is 1.45. The summed E-state index contributed by atoms with van der Waals surface area (Å²) < 4.78 is 22.8. The molecule has 2 heterocycles. The van der Waals surface area contributed by atoms with Crippen molar-refractivity contribution in [1.29, 1.82) is 0 Å². The normalized spacial score (nSPS) is 17.6. The van der Waals surface area contributed by atoms with E-state index in [1.165, 1.54) is 0 Å². The molecule has 7 heteroatoms. The van der Waals surface area contributed by atoms with E-state index >= 15 is 0 Å². The van der Waals surface area contributed by atoms with Gasteiger partial charge in [-0.05, 0) is 43.2 Å². The first-order valence-electron chi connectivity index (χ1n) is 9.31. The minimum atomic E-state index is -1.37. The van der Waals surface area contributed by atoms with Crippen LogP contribution < -0.4 is 14.4 Å². The molecule has 0 saturated carbocycles. The highest BCUT2D eigenvalue weighted by molar-refractivity contribution is 6.31. The molecule has 0 radical (unpaired) electrons. The summed E-state index contributed by atoms with van der Waals surface area (Å²) in [5.74, 6) is -0.216. The van der Waals surface area contributed by atoms with E-state index in [2.05, 4.69) is 0 Å². The molecule has 0 atom stereocenters. The molecule has 6 nitrogen and oxygen atoms in total. The Kier molecular flexibility index (Phi) is 5.44. The van der Waals surface area contributed by atoms with Crippen LogP contribution in [0.15, 0.2) is 42.5 Å². The van der Waals surface area contributed by atoms with Crippen LogP contribution in [0.2, 0.25) is 5.02 Å². The summed E-state index contributed by atoms with van der Waals surface area (Å²) in [7, 11) is 1.61. The number of methoxy groups -OCH3 is 1. The van der Waals surface area contributed by atoms with E-state index < -0.39 is 5.79 Å². The van der Waals surface area contributed by atoms with Gasteiger partial charge in [-0.3, -0.25) is 4.79 Å². The molecule has 4 rings (SSSR count). The number of fused-ring (bicyclic) bond motifs is 2. The van der Waals surface area contributed by atoms with Crippen LogP contribution in [-0.4, -0.2) is 39.4 Å². The van der Waals surface area contributed by atoms with Crippen molar-refractivity contribution in [2.75, 3.05) is 38.4 Å². The lowest BCUT2D eigenvalue weighted by atomic mass is 10.1. The second-order valence-electron chi connectivity index (χ2n) is 6.64. The molecule has 1 saturated heterocycles. The lowest BCUT2D eigenvalue weighted by Crippen LogP contribution is -2.47. The number of ether oxygens (including phenoxy) is 4. The molecule has 1 fully saturated rings. The third-order valence-electron chi connectivity index (χ3n) is 4.88. The molecule has 148 valence electrons. The first-order chi connectivity index (χ1) is 13.7. The SMILES string of the molecule is COc1ccccc1OCCCN1C(=O)C2(OCCCO2)c2cc(Cl)ccc21. The zero-order valence-electron chi connectivity index (χ0n) is 15.7. The van der Waals surface area contributed by atoms with Gasteiger partial charge in [-0.1, -0.05) is 23.7 Å². The molecule has 2 aromatic rings. The number of hydrogen-bond acceptors (Lipinski definition) is 5. The van der Waals surface area contributed by atoms with Crippen LogP contribution >= 0.6 is 11.6 Å². The molecule has 1 amide bonds. The van der Waals surface area contributed by atoms with Gasteiger partial charge in [0.15, 0.2) is 11.5 Å². The molecule has 28 heavy (non-hydrogen) atoms. The van der Waals surface area contributed by atoms with Gasteiger partial charge < -0.3 is 23.8 Å². The zero-order chi connectivity index (χ0) is 19.6. The molecular formula is C21H22ClNO5. The Morgan fingerprint density at radius 3 is 2.64 bits per heavy atom. The number of amides is 1. The number of benzene rings is 2. The Morgan fingerprint density at radius 1 is 1.14 bits per heavy atom. The predicted molar refractivity (Wildman–Crippen MR) is 105 cm³/mol. The fourth-order valence-electron chi connectivity index (χ4n) is 3.59. The number of anilines is 1. The van der Waals surface area contributed by atoms with Crippen LogP contribution in [0.25, 0.3) is 0 Å². The monoisotopic (exact) mass is 403 g/mol. The summed E-state index contributed by atoms with van der Waals surface area (Å²) in [6.07, 6.45) is 1.40. The van der Waals surface area contributed by atoms with Crippen LogP contribution in [0.5, 0.6) is 11.5 Å². The third-order valence-corrected chi connectivity index (χ3v) is 5.12. The van der Waals surface area contributed by atoms with Crippen LogP contribution in [0.1, 0.15) is 18.4 Å². The highest BCUT2D eigenvalue weighted by Gasteiger charge is 2.54. The van der Waals surface area contributed by atoms with E-state index in [9.17, 15) is 4.79 Å². The molecule has 2 aliphatic rings. The van der Waals surface area contributed by atoms with E-state index in [0.29, 0.717) is 54.9 Å². The maximum atomic E-state index is 13.2. The Balaban J connectivity index is 1.47. The first-order valence-corrected chi connectivity index (χ1v) is 9.69. The molecule has 0 unspecified atom stereocenters. The maximum Gasteiger partial charge on any atom is 0.292 e. The van der Waals surface area contributed by atoms with Crippen LogP contribution in [-0.2, 0) is 20.1 Å². The quantitative estimate of drug-likeness (QED) is 0.687. The molecule has 0 bridgehead atoms. The van der Waals surface area contributed by atoms with Gasteiger partial charge >= 0.3 is 0 Å². The van der Waals surface area contributed by atoms with Gasteiger partial charge in [-0.25, -0.2) is 0 Å². The number of nitrogens with zero attached hydrogens (tertiary/aromatic N) is 1. The average molecular weight is 404 g/mol. The highest BCUT2D eigenvalue weighted by atomic mass is 35.5. The Morgan fingerprint density at radius 2 is 1.89 bits per heavy atom. The maximum absolute atomic E-state index is 13.2. The number of carbonyl (C=O) groups is 1. The van der Waals surface area contributed by atoms with Gasteiger partial charge in [0, 0.05) is 17.1 Å². The van der Waals surface area contributed by atoms with E-state index in [-0.39, 0.29) is 5.91 Å². The second-order valence-corrected chi connectivity index (χ2v) is 7.07. The minimum Gasteiger partial charge on any atom is -0.493 e. The van der Waals surface area contributed by atoms with E-state index in [0.717, 1.165) is 12.1 Å². The Bertz CT molecular complexity index is 866. The van der Waals surface area contributed by atoms with E-state index in [1.54, 1.807) is 24.1 Å². The fourth-order valence-corrected chi connectivity index (χ4v) is 3.76. The summed E-state index contributed by atoms with van der Waals surface area (Å²) in [6.45, 7) is 1.88. The largest absolute Gasteiger partial charge is 0.493 e. The topological polar surface area (TPSA) is 57.2 Å². The summed E-state index contributed by atoms with van der Waals surface area (Å²) in [6, 6.07) is 12.9.